The van der Waals surface area contributed by atoms with Gasteiger partial charge in [-0.1, -0.05) is 12.1 Å². The fraction of sp³-hybridized carbons (Fsp3) is 0.471. The molecule has 0 spiro atoms. The van der Waals surface area contributed by atoms with Crippen molar-refractivity contribution in [2.24, 2.45) is 11.7 Å². The van der Waals surface area contributed by atoms with Crippen LogP contribution in [0.15, 0.2) is 30.5 Å². The SMILES string of the molecule is CC(N)C1CCN(Cc2cn[nH]c2-c2ccc(C(F)(F)F)cc2)C1.Cl. The van der Waals surface area contributed by atoms with Crippen molar-refractivity contribution in [3.05, 3.63) is 41.6 Å². The summed E-state index contributed by atoms with van der Waals surface area (Å²) in [6.07, 6.45) is -1.50. The molecule has 1 fully saturated rings. The van der Waals surface area contributed by atoms with E-state index in [1.165, 1.54) is 12.1 Å². The Morgan fingerprint density at radius 2 is 2.00 bits per heavy atom. The third-order valence-corrected chi connectivity index (χ3v) is 4.67. The minimum absolute atomic E-state index is 0. The minimum Gasteiger partial charge on any atom is -0.328 e. The molecule has 1 aromatic carbocycles. The predicted molar refractivity (Wildman–Crippen MR) is 93.3 cm³/mol. The van der Waals surface area contributed by atoms with E-state index in [0.717, 1.165) is 49.4 Å². The van der Waals surface area contributed by atoms with Crippen LogP contribution >= 0.6 is 12.4 Å². The van der Waals surface area contributed by atoms with Crippen LogP contribution in [0.3, 0.4) is 0 Å². The molecule has 138 valence electrons. The van der Waals surface area contributed by atoms with Gasteiger partial charge in [-0.2, -0.15) is 18.3 Å². The van der Waals surface area contributed by atoms with Gasteiger partial charge >= 0.3 is 6.18 Å². The van der Waals surface area contributed by atoms with E-state index in [1.54, 1.807) is 6.20 Å². The monoisotopic (exact) mass is 374 g/mol. The highest BCUT2D eigenvalue weighted by Crippen LogP contribution is 2.31. The second-order valence-electron chi connectivity index (χ2n) is 6.49. The average Bonchev–Trinajstić information content (AvgIpc) is 3.16. The van der Waals surface area contributed by atoms with Crippen molar-refractivity contribution in [1.29, 1.82) is 0 Å². The first-order chi connectivity index (χ1) is 11.3. The Morgan fingerprint density at radius 1 is 1.32 bits per heavy atom. The Kier molecular flexibility index (Phi) is 6.13. The highest BCUT2D eigenvalue weighted by Gasteiger charge is 2.30. The lowest BCUT2D eigenvalue weighted by Crippen LogP contribution is -2.29. The van der Waals surface area contributed by atoms with Crippen molar-refractivity contribution in [3.8, 4) is 11.3 Å². The number of likely N-dealkylation sites (tertiary alicyclic amines) is 1. The van der Waals surface area contributed by atoms with Crippen LogP contribution < -0.4 is 5.73 Å². The number of hydrogen-bond acceptors (Lipinski definition) is 3. The third-order valence-electron chi connectivity index (χ3n) is 4.67. The normalized spacial score (nSPS) is 19.6. The van der Waals surface area contributed by atoms with Crippen LogP contribution in [-0.4, -0.2) is 34.2 Å². The van der Waals surface area contributed by atoms with Crippen LogP contribution in [0.2, 0.25) is 0 Å². The van der Waals surface area contributed by atoms with Gasteiger partial charge in [-0.15, -0.1) is 12.4 Å². The minimum atomic E-state index is -4.32. The summed E-state index contributed by atoms with van der Waals surface area (Å²) < 4.78 is 38.0. The van der Waals surface area contributed by atoms with Crippen LogP contribution in [0.4, 0.5) is 13.2 Å². The average molecular weight is 375 g/mol. The van der Waals surface area contributed by atoms with Gasteiger partial charge in [0.05, 0.1) is 17.5 Å². The molecule has 0 aliphatic carbocycles. The van der Waals surface area contributed by atoms with Gasteiger partial charge in [0.15, 0.2) is 0 Å². The summed E-state index contributed by atoms with van der Waals surface area (Å²) in [5.74, 6) is 0.492. The van der Waals surface area contributed by atoms with E-state index >= 15 is 0 Å². The summed E-state index contributed by atoms with van der Waals surface area (Å²) in [4.78, 5) is 2.31. The van der Waals surface area contributed by atoms with E-state index in [1.807, 2.05) is 6.92 Å². The summed E-state index contributed by atoms with van der Waals surface area (Å²) in [5.41, 5.74) is 7.78. The van der Waals surface area contributed by atoms with Crippen LogP contribution in [0, 0.1) is 5.92 Å². The van der Waals surface area contributed by atoms with Crippen molar-refractivity contribution < 1.29 is 13.2 Å². The number of alkyl halides is 3. The maximum atomic E-state index is 12.7. The summed E-state index contributed by atoms with van der Waals surface area (Å²) in [6.45, 7) is 4.66. The number of rotatable bonds is 4. The van der Waals surface area contributed by atoms with Gasteiger partial charge in [-0.3, -0.25) is 10.00 Å². The number of nitrogens with two attached hydrogens (primary N) is 1. The van der Waals surface area contributed by atoms with Crippen molar-refractivity contribution >= 4 is 12.4 Å². The summed E-state index contributed by atoms with van der Waals surface area (Å²) >= 11 is 0. The lowest BCUT2D eigenvalue weighted by molar-refractivity contribution is -0.137. The number of halogens is 4. The predicted octanol–water partition coefficient (Wildman–Crippen LogP) is 3.69. The Balaban J connectivity index is 0.00000225. The van der Waals surface area contributed by atoms with E-state index < -0.39 is 11.7 Å². The third kappa shape index (κ3) is 4.54. The maximum absolute atomic E-state index is 12.7. The van der Waals surface area contributed by atoms with Crippen molar-refractivity contribution in [2.75, 3.05) is 13.1 Å². The Hall–Kier alpha value is -1.57. The molecule has 1 aliphatic heterocycles. The second kappa shape index (κ2) is 7.76. The first-order valence-corrected chi connectivity index (χ1v) is 8.02. The molecule has 0 saturated carbocycles. The first kappa shape index (κ1) is 19.8. The van der Waals surface area contributed by atoms with E-state index in [0.29, 0.717) is 11.5 Å². The first-order valence-electron chi connectivity index (χ1n) is 8.02. The molecule has 1 aromatic heterocycles. The zero-order valence-electron chi connectivity index (χ0n) is 13.9. The van der Waals surface area contributed by atoms with Gasteiger partial charge < -0.3 is 5.73 Å². The molecular weight excluding hydrogens is 353 g/mol. The summed E-state index contributed by atoms with van der Waals surface area (Å²) in [6, 6.07) is 5.33. The van der Waals surface area contributed by atoms with Crippen LogP contribution in [0.25, 0.3) is 11.3 Å². The van der Waals surface area contributed by atoms with Gasteiger partial charge in [-0.05, 0) is 43.5 Å². The summed E-state index contributed by atoms with van der Waals surface area (Å²) in [5, 5.41) is 6.97. The van der Waals surface area contributed by atoms with Crippen molar-refractivity contribution in [1.82, 2.24) is 15.1 Å². The number of aromatic nitrogens is 2. The second-order valence-corrected chi connectivity index (χ2v) is 6.49. The van der Waals surface area contributed by atoms with Crippen LogP contribution in [0.5, 0.6) is 0 Å². The quantitative estimate of drug-likeness (QED) is 0.858. The standard InChI is InChI=1S/C17H21F3N4.ClH/c1-11(21)13-6-7-24(9-13)10-14-8-22-23-16(14)12-2-4-15(5-3-12)17(18,19)20;/h2-5,8,11,13H,6-7,9-10,21H2,1H3,(H,22,23);1H. The zero-order chi connectivity index (χ0) is 17.3. The lowest BCUT2D eigenvalue weighted by atomic mass is 10.0. The molecule has 2 atom stereocenters. The molecule has 4 nitrogen and oxygen atoms in total. The fourth-order valence-electron chi connectivity index (χ4n) is 3.18. The van der Waals surface area contributed by atoms with Gasteiger partial charge in [0.25, 0.3) is 0 Å². The number of nitrogens with one attached hydrogen (secondary N) is 1. The number of hydrogen-bond donors (Lipinski definition) is 2. The van der Waals surface area contributed by atoms with Gasteiger partial charge in [0, 0.05) is 24.7 Å². The van der Waals surface area contributed by atoms with Gasteiger partial charge in [0.2, 0.25) is 0 Å². The Labute approximate surface area is 151 Å². The molecule has 25 heavy (non-hydrogen) atoms. The Bertz CT molecular complexity index is 682. The largest absolute Gasteiger partial charge is 0.416 e. The van der Waals surface area contributed by atoms with Crippen LogP contribution in [-0.2, 0) is 12.7 Å². The van der Waals surface area contributed by atoms with Crippen molar-refractivity contribution in [2.45, 2.75) is 32.1 Å². The number of H-pyrrole nitrogens is 1. The number of nitrogens with zero attached hydrogens (tertiary/aromatic N) is 2. The van der Waals surface area contributed by atoms with E-state index in [9.17, 15) is 13.2 Å². The lowest BCUT2D eigenvalue weighted by Gasteiger charge is -2.18. The van der Waals surface area contributed by atoms with Crippen LogP contribution in [0.1, 0.15) is 24.5 Å². The number of benzene rings is 1. The van der Waals surface area contributed by atoms with Crippen molar-refractivity contribution in [3.63, 3.8) is 0 Å². The molecule has 8 heteroatoms. The fourth-order valence-corrected chi connectivity index (χ4v) is 3.18. The highest BCUT2D eigenvalue weighted by molar-refractivity contribution is 5.85. The van der Waals surface area contributed by atoms with E-state index in [-0.39, 0.29) is 18.4 Å². The molecule has 1 saturated heterocycles. The Morgan fingerprint density at radius 3 is 2.56 bits per heavy atom. The topological polar surface area (TPSA) is 57.9 Å². The highest BCUT2D eigenvalue weighted by atomic mass is 35.5. The molecule has 2 unspecified atom stereocenters. The molecule has 0 bridgehead atoms. The molecule has 0 amide bonds. The number of aromatic amines is 1. The molecule has 3 rings (SSSR count). The molecule has 2 aromatic rings. The van der Waals surface area contributed by atoms with Gasteiger partial charge in [0.1, 0.15) is 0 Å². The van der Waals surface area contributed by atoms with E-state index in [2.05, 4.69) is 15.1 Å². The summed E-state index contributed by atoms with van der Waals surface area (Å²) in [7, 11) is 0. The maximum Gasteiger partial charge on any atom is 0.416 e. The molecule has 2 heterocycles. The molecular formula is C17H22ClF3N4. The molecule has 3 N–H and O–H groups in total. The zero-order valence-corrected chi connectivity index (χ0v) is 14.7. The molecule has 1 aliphatic rings. The smallest absolute Gasteiger partial charge is 0.328 e. The van der Waals surface area contributed by atoms with E-state index in [4.69, 9.17) is 5.73 Å². The molecule has 0 radical (unpaired) electrons. The van der Waals surface area contributed by atoms with Gasteiger partial charge in [-0.25, -0.2) is 0 Å².